The number of benzene rings is 2. The fourth-order valence-corrected chi connectivity index (χ4v) is 3.66. The Morgan fingerprint density at radius 1 is 0.756 bits per heavy atom. The topological polar surface area (TPSA) is 72.7 Å². The highest BCUT2D eigenvalue weighted by molar-refractivity contribution is 9.10. The van der Waals surface area contributed by atoms with Gasteiger partial charge in [0.25, 0.3) is 5.91 Å². The number of carbonyl (C=O) groups is 1. The number of hydrogen-bond donors (Lipinski definition) is 2. The molecule has 1 amide bonds. The van der Waals surface area contributed by atoms with Gasteiger partial charge in [-0.1, -0.05) is 40.2 Å². The van der Waals surface area contributed by atoms with Gasteiger partial charge in [0.15, 0.2) is 10.9 Å². The number of hydrogen-bond acceptors (Lipinski definition) is 5. The van der Waals surface area contributed by atoms with Gasteiger partial charge in [0.05, 0.1) is 0 Å². The lowest BCUT2D eigenvalue weighted by Gasteiger charge is -2.35. The summed E-state index contributed by atoms with van der Waals surface area (Å²) < 4.78 is 183. The molecule has 0 unspecified atom stereocenters. The van der Waals surface area contributed by atoms with Crippen LogP contribution in [0.4, 0.5) is 62.8 Å². The SMILES string of the molecule is O=C(NC(=S)Nc1cccc(C(F)(F)C(F)(F)OC(F)(F)C(F)(F)C(F)(F)OC(F)(F)F)c1)c1ccc(-c2ccc(Br)cc2)o1. The number of carbonyl (C=O) groups excluding carboxylic acids is 1. The molecule has 0 saturated carbocycles. The molecule has 246 valence electrons. The molecule has 2 N–H and O–H groups in total. The van der Waals surface area contributed by atoms with Gasteiger partial charge in [0.2, 0.25) is 0 Å². The number of ether oxygens (including phenoxy) is 2. The highest BCUT2D eigenvalue weighted by Crippen LogP contribution is 2.54. The van der Waals surface area contributed by atoms with E-state index in [1.165, 1.54) is 12.1 Å². The summed E-state index contributed by atoms with van der Waals surface area (Å²) in [6, 6.07) is 11.0. The fraction of sp³-hybridized carbons (Fsp3) is 0.250. The Morgan fingerprint density at radius 2 is 1.33 bits per heavy atom. The smallest absolute Gasteiger partial charge is 0.451 e. The predicted molar refractivity (Wildman–Crippen MR) is 134 cm³/mol. The molecule has 1 heterocycles. The van der Waals surface area contributed by atoms with Crippen molar-refractivity contribution in [3.8, 4) is 11.3 Å². The first kappa shape index (κ1) is 36.0. The molecule has 3 rings (SSSR count). The molecule has 0 bridgehead atoms. The zero-order valence-corrected chi connectivity index (χ0v) is 23.5. The minimum atomic E-state index is -7.55. The average molecular weight is 751 g/mol. The molecule has 0 spiro atoms. The second kappa shape index (κ2) is 12.4. The summed E-state index contributed by atoms with van der Waals surface area (Å²) in [5.74, 6) is -14.6. The van der Waals surface area contributed by atoms with Gasteiger partial charge in [-0.25, -0.2) is 9.47 Å². The van der Waals surface area contributed by atoms with Crippen LogP contribution in [0, 0.1) is 0 Å². The maximum atomic E-state index is 14.5. The average Bonchev–Trinajstić information content (AvgIpc) is 3.37. The van der Waals surface area contributed by atoms with Gasteiger partial charge in [0, 0.05) is 21.3 Å². The van der Waals surface area contributed by atoms with Gasteiger partial charge in [0.1, 0.15) is 5.76 Å². The molecule has 0 fully saturated rings. The molecule has 6 nitrogen and oxygen atoms in total. The Labute approximate surface area is 255 Å². The second-order valence-corrected chi connectivity index (χ2v) is 9.83. The normalized spacial score (nSPS) is 13.5. The Kier molecular flexibility index (Phi) is 9.93. The number of anilines is 1. The first-order valence-corrected chi connectivity index (χ1v) is 12.5. The van der Waals surface area contributed by atoms with Crippen LogP contribution in [0.15, 0.2) is 69.6 Å². The largest absolute Gasteiger partial charge is 0.527 e. The number of furan rings is 1. The number of nitrogens with one attached hydrogen (secondary N) is 2. The molecular weight excluding hydrogens is 739 g/mol. The van der Waals surface area contributed by atoms with E-state index >= 15 is 0 Å². The van der Waals surface area contributed by atoms with Crippen LogP contribution in [-0.2, 0) is 15.4 Å². The van der Waals surface area contributed by atoms with Crippen LogP contribution in [0.1, 0.15) is 16.1 Å². The lowest BCUT2D eigenvalue weighted by molar-refractivity contribution is -0.535. The van der Waals surface area contributed by atoms with E-state index < -0.39 is 58.8 Å². The molecule has 0 aliphatic rings. The van der Waals surface area contributed by atoms with Crippen LogP contribution in [0.2, 0.25) is 0 Å². The van der Waals surface area contributed by atoms with Gasteiger partial charge in [-0.2, -0.15) is 43.9 Å². The van der Waals surface area contributed by atoms with E-state index in [0.717, 1.165) is 10.5 Å². The monoisotopic (exact) mass is 750 g/mol. The summed E-state index contributed by atoms with van der Waals surface area (Å²) in [5.41, 5.74) is -2.03. The molecule has 0 saturated heterocycles. The number of halogens is 14. The first-order valence-electron chi connectivity index (χ1n) is 11.3. The van der Waals surface area contributed by atoms with Gasteiger partial charge >= 0.3 is 36.5 Å². The minimum absolute atomic E-state index is 0.0892. The van der Waals surface area contributed by atoms with Crippen molar-refractivity contribution in [1.82, 2.24) is 5.32 Å². The summed E-state index contributed by atoms with van der Waals surface area (Å²) in [7, 11) is 0. The highest BCUT2D eigenvalue weighted by atomic mass is 79.9. The van der Waals surface area contributed by atoms with E-state index in [4.69, 9.17) is 16.6 Å². The summed E-state index contributed by atoms with van der Waals surface area (Å²) in [4.78, 5) is 12.4. The standard InChI is InChI=1S/C24H12BrF13N2O4S/c25-13-6-4-11(5-7-13)15-8-9-16(42-15)17(41)40-18(45)39-14-3-1-2-12(10-14)19(26,27)21(30,31)43-22(32,33)20(28,29)23(34,35)44-24(36,37)38/h1-10H,(H2,39,40,41,45). The van der Waals surface area contributed by atoms with E-state index in [9.17, 15) is 61.9 Å². The molecule has 0 aliphatic heterocycles. The lowest BCUT2D eigenvalue weighted by atomic mass is 10.1. The Bertz CT molecular complexity index is 1550. The summed E-state index contributed by atoms with van der Waals surface area (Å²) in [6.07, 6.45) is -28.1. The lowest BCUT2D eigenvalue weighted by Crippen LogP contribution is -2.61. The number of thiocarbonyl (C=S) groups is 1. The third-order valence-corrected chi connectivity index (χ3v) is 6.00. The third-order valence-electron chi connectivity index (χ3n) is 5.27. The van der Waals surface area contributed by atoms with Crippen LogP contribution in [-0.4, -0.2) is 41.6 Å². The zero-order valence-electron chi connectivity index (χ0n) is 21.1. The van der Waals surface area contributed by atoms with E-state index in [1.54, 1.807) is 29.0 Å². The number of rotatable bonds is 10. The predicted octanol–water partition coefficient (Wildman–Crippen LogP) is 8.89. The number of alkyl halides is 13. The quantitative estimate of drug-likeness (QED) is 0.159. The van der Waals surface area contributed by atoms with Crippen molar-refractivity contribution in [2.75, 3.05) is 5.32 Å². The minimum Gasteiger partial charge on any atom is -0.451 e. The van der Waals surface area contributed by atoms with Crippen LogP contribution in [0.3, 0.4) is 0 Å². The van der Waals surface area contributed by atoms with Gasteiger partial charge in [-0.05, 0) is 48.6 Å². The molecule has 45 heavy (non-hydrogen) atoms. The van der Waals surface area contributed by atoms with Gasteiger partial charge in [-0.3, -0.25) is 10.1 Å². The van der Waals surface area contributed by atoms with Crippen molar-refractivity contribution < 1.29 is 75.8 Å². The van der Waals surface area contributed by atoms with Crippen molar-refractivity contribution in [2.24, 2.45) is 0 Å². The van der Waals surface area contributed by atoms with Crippen molar-refractivity contribution in [1.29, 1.82) is 0 Å². The summed E-state index contributed by atoms with van der Waals surface area (Å²) in [6.45, 7) is 0. The number of amides is 1. The Hall–Kier alpha value is -3.43. The molecular formula is C24H12BrF13N2O4S. The van der Waals surface area contributed by atoms with Crippen LogP contribution in [0.25, 0.3) is 11.3 Å². The van der Waals surface area contributed by atoms with E-state index in [1.807, 2.05) is 0 Å². The molecule has 3 aromatic rings. The molecule has 1 aromatic heterocycles. The Balaban J connectivity index is 1.74. The van der Waals surface area contributed by atoms with Crippen molar-refractivity contribution in [2.45, 2.75) is 36.5 Å². The van der Waals surface area contributed by atoms with Crippen LogP contribution < -0.4 is 10.6 Å². The van der Waals surface area contributed by atoms with Crippen molar-refractivity contribution >= 4 is 44.9 Å². The van der Waals surface area contributed by atoms with E-state index in [0.29, 0.717) is 11.6 Å². The zero-order chi connectivity index (χ0) is 34.2. The molecule has 0 aliphatic carbocycles. The highest BCUT2D eigenvalue weighted by Gasteiger charge is 2.80. The summed E-state index contributed by atoms with van der Waals surface area (Å²) in [5, 5.41) is 3.52. The summed E-state index contributed by atoms with van der Waals surface area (Å²) >= 11 is 8.07. The van der Waals surface area contributed by atoms with Crippen molar-refractivity contribution in [3.63, 3.8) is 0 Å². The second-order valence-electron chi connectivity index (χ2n) is 8.51. The maximum Gasteiger partial charge on any atom is 0.527 e. The van der Waals surface area contributed by atoms with E-state index in [2.05, 4.69) is 31.3 Å². The van der Waals surface area contributed by atoms with Gasteiger partial charge < -0.3 is 9.73 Å². The molecule has 0 radical (unpaired) electrons. The maximum absolute atomic E-state index is 14.5. The third kappa shape index (κ3) is 8.05. The molecule has 0 atom stereocenters. The Morgan fingerprint density at radius 3 is 1.91 bits per heavy atom. The molecule has 2 aromatic carbocycles. The van der Waals surface area contributed by atoms with Crippen LogP contribution >= 0.6 is 28.1 Å². The van der Waals surface area contributed by atoms with Crippen molar-refractivity contribution in [3.05, 3.63) is 76.5 Å². The van der Waals surface area contributed by atoms with E-state index in [-0.39, 0.29) is 23.7 Å². The molecule has 21 heteroatoms. The van der Waals surface area contributed by atoms with Gasteiger partial charge in [-0.15, -0.1) is 13.2 Å². The van der Waals surface area contributed by atoms with Crippen LogP contribution in [0.5, 0.6) is 0 Å². The first-order chi connectivity index (χ1) is 20.4. The fourth-order valence-electron chi connectivity index (χ4n) is 3.18.